The van der Waals surface area contributed by atoms with E-state index in [2.05, 4.69) is 15.0 Å². The Labute approximate surface area is 90.3 Å². The molecule has 14 heavy (non-hydrogen) atoms. The zero-order valence-electron chi connectivity index (χ0n) is 6.70. The summed E-state index contributed by atoms with van der Waals surface area (Å²) in [5.74, 6) is 0. The van der Waals surface area contributed by atoms with Crippen molar-refractivity contribution in [3.63, 3.8) is 0 Å². The summed E-state index contributed by atoms with van der Waals surface area (Å²) in [6.45, 7) is 6.52. The number of hydrogen-bond donors (Lipinski definition) is 0. The molecule has 0 aromatic carbocycles. The van der Waals surface area contributed by atoms with E-state index in [0.717, 1.165) is 0 Å². The third-order valence-electron chi connectivity index (χ3n) is 1.34. The number of halogens is 2. The van der Waals surface area contributed by atoms with Crippen LogP contribution in [0.1, 0.15) is 0 Å². The lowest BCUT2D eigenvalue weighted by Gasteiger charge is -2.04. The number of allylic oxidation sites excluding steroid dienone is 4. The van der Waals surface area contributed by atoms with Crippen LogP contribution in [0.15, 0.2) is 32.3 Å². The van der Waals surface area contributed by atoms with E-state index < -0.39 is 0 Å². The SMILES string of the molecule is [C-]#[N+]/N=C1C=C(Cl)/C(=N\C#N)C=C/1Cl. The van der Waals surface area contributed by atoms with E-state index in [9.17, 15) is 0 Å². The molecule has 0 N–H and O–H groups in total. The van der Waals surface area contributed by atoms with E-state index in [0.29, 0.717) is 0 Å². The summed E-state index contributed by atoms with van der Waals surface area (Å²) < 4.78 is 0. The van der Waals surface area contributed by atoms with Crippen molar-refractivity contribution in [3.05, 3.63) is 33.7 Å². The van der Waals surface area contributed by atoms with Gasteiger partial charge in [-0.25, -0.2) is 0 Å². The standard InChI is InChI=1S/C8H2Cl2N4/c1-12-14-8-3-5(9)7(13-4-11)2-6(8)10/h2-3H/b13-7-,14-8-. The van der Waals surface area contributed by atoms with E-state index in [1.807, 2.05) is 0 Å². The molecule has 0 spiro atoms. The minimum absolute atomic E-state index is 0.235. The van der Waals surface area contributed by atoms with Gasteiger partial charge in [-0.1, -0.05) is 23.2 Å². The number of nitrogens with zero attached hydrogens (tertiary/aromatic N) is 4. The first-order chi connectivity index (χ1) is 6.69. The largest absolute Gasteiger partial charge is 0.206 e. The van der Waals surface area contributed by atoms with E-state index >= 15 is 0 Å². The zero-order valence-corrected chi connectivity index (χ0v) is 8.21. The molecule has 4 nitrogen and oxygen atoms in total. The average Bonchev–Trinajstić information content (AvgIpc) is 2.14. The van der Waals surface area contributed by atoms with Gasteiger partial charge >= 0.3 is 0 Å². The minimum Gasteiger partial charge on any atom is -0.181 e. The summed E-state index contributed by atoms with van der Waals surface area (Å²) in [6, 6.07) is 0. The zero-order chi connectivity index (χ0) is 10.6. The number of nitriles is 1. The van der Waals surface area contributed by atoms with Gasteiger partial charge in [-0.2, -0.15) is 16.8 Å². The Bertz CT molecular complexity index is 413. The summed E-state index contributed by atoms with van der Waals surface area (Å²) in [7, 11) is 0. The summed E-state index contributed by atoms with van der Waals surface area (Å²) >= 11 is 11.5. The van der Waals surface area contributed by atoms with Gasteiger partial charge in [-0.05, 0) is 12.2 Å². The van der Waals surface area contributed by atoms with Gasteiger partial charge in [0, 0.05) is 0 Å². The van der Waals surface area contributed by atoms with Gasteiger partial charge in [-0.15, -0.1) is 4.95 Å². The van der Waals surface area contributed by atoms with Crippen molar-refractivity contribution in [2.24, 2.45) is 10.1 Å². The van der Waals surface area contributed by atoms with Crippen molar-refractivity contribution in [1.29, 1.82) is 5.26 Å². The lowest BCUT2D eigenvalue weighted by Crippen LogP contribution is -2.07. The lowest BCUT2D eigenvalue weighted by atomic mass is 10.1. The fraction of sp³-hybridized carbons (Fsp3) is 0. The Morgan fingerprint density at radius 3 is 2.43 bits per heavy atom. The smallest absolute Gasteiger partial charge is 0.181 e. The summed E-state index contributed by atoms with van der Waals surface area (Å²) in [4.78, 5) is 6.26. The van der Waals surface area contributed by atoms with Crippen LogP contribution in [-0.4, -0.2) is 11.4 Å². The van der Waals surface area contributed by atoms with Crippen molar-refractivity contribution in [1.82, 2.24) is 0 Å². The second kappa shape index (κ2) is 4.57. The van der Waals surface area contributed by atoms with Crippen molar-refractivity contribution in [2.75, 3.05) is 0 Å². The van der Waals surface area contributed by atoms with Crippen LogP contribution in [0.2, 0.25) is 0 Å². The van der Waals surface area contributed by atoms with Crippen LogP contribution in [0.25, 0.3) is 4.95 Å². The first-order valence-corrected chi connectivity index (χ1v) is 4.11. The average molecular weight is 225 g/mol. The van der Waals surface area contributed by atoms with Crippen LogP contribution in [0.3, 0.4) is 0 Å². The summed E-state index contributed by atoms with van der Waals surface area (Å²) in [6.07, 6.45) is 4.37. The first kappa shape index (κ1) is 10.5. The summed E-state index contributed by atoms with van der Waals surface area (Å²) in [5.41, 5.74) is 0.534. The number of rotatable bonds is 0. The van der Waals surface area contributed by atoms with E-state index in [1.54, 1.807) is 6.19 Å². The molecule has 0 aromatic heterocycles. The fourth-order valence-corrected chi connectivity index (χ4v) is 1.19. The quantitative estimate of drug-likeness (QED) is 0.270. The second-order valence-corrected chi connectivity index (χ2v) is 2.98. The van der Waals surface area contributed by atoms with Crippen molar-refractivity contribution < 1.29 is 0 Å². The molecule has 0 amide bonds. The molecular formula is C8H2Cl2N4. The third kappa shape index (κ3) is 2.20. The van der Waals surface area contributed by atoms with Gasteiger partial charge in [0.15, 0.2) is 5.71 Å². The maximum atomic E-state index is 8.32. The Kier molecular flexibility index (Phi) is 3.41. The van der Waals surface area contributed by atoms with Crippen LogP contribution < -0.4 is 0 Å². The van der Waals surface area contributed by atoms with Crippen LogP contribution in [0.4, 0.5) is 0 Å². The monoisotopic (exact) mass is 224 g/mol. The Balaban J connectivity index is 3.17. The molecule has 1 rings (SSSR count). The van der Waals surface area contributed by atoms with Crippen molar-refractivity contribution in [2.45, 2.75) is 0 Å². The first-order valence-electron chi connectivity index (χ1n) is 3.35. The van der Waals surface area contributed by atoms with Gasteiger partial charge in [0.1, 0.15) is 0 Å². The molecule has 0 fully saturated rings. The minimum atomic E-state index is 0.235. The second-order valence-electron chi connectivity index (χ2n) is 2.17. The third-order valence-corrected chi connectivity index (χ3v) is 1.95. The molecule has 0 bridgehead atoms. The summed E-state index contributed by atoms with van der Waals surface area (Å²) in [5, 5.41) is 12.2. The molecule has 6 heteroatoms. The van der Waals surface area contributed by atoms with Crippen LogP contribution in [0, 0.1) is 18.0 Å². The van der Waals surface area contributed by atoms with Crippen LogP contribution in [0.5, 0.6) is 0 Å². The van der Waals surface area contributed by atoms with Gasteiger partial charge in [-0.3, -0.25) is 0 Å². The van der Waals surface area contributed by atoms with Crippen LogP contribution >= 0.6 is 23.2 Å². The number of aliphatic imine (C=N–C) groups is 1. The van der Waals surface area contributed by atoms with E-state index in [-0.39, 0.29) is 21.5 Å². The van der Waals surface area contributed by atoms with Gasteiger partial charge in [0.05, 0.1) is 20.9 Å². The maximum Gasteiger partial charge on any atom is 0.206 e. The Hall–Kier alpha value is -1.62. The predicted octanol–water partition coefficient (Wildman–Crippen LogP) is 2.44. The molecule has 1 aliphatic rings. The van der Waals surface area contributed by atoms with Crippen LogP contribution in [-0.2, 0) is 0 Å². The fourth-order valence-electron chi connectivity index (χ4n) is 0.796. The highest BCUT2D eigenvalue weighted by Crippen LogP contribution is 2.19. The Morgan fingerprint density at radius 2 is 1.86 bits per heavy atom. The molecule has 0 heterocycles. The molecular weight excluding hydrogens is 223 g/mol. The van der Waals surface area contributed by atoms with Gasteiger partial charge in [0.25, 0.3) is 0 Å². The molecule has 0 atom stereocenters. The molecule has 0 unspecified atom stereocenters. The van der Waals surface area contributed by atoms with E-state index in [4.69, 9.17) is 35.0 Å². The molecule has 0 aromatic rings. The van der Waals surface area contributed by atoms with Gasteiger partial charge < -0.3 is 0 Å². The normalized spacial score (nSPS) is 21.1. The molecule has 0 saturated carbocycles. The van der Waals surface area contributed by atoms with Gasteiger partial charge in [0.2, 0.25) is 6.19 Å². The molecule has 0 aliphatic heterocycles. The highest BCUT2D eigenvalue weighted by molar-refractivity contribution is 6.55. The maximum absolute atomic E-state index is 8.32. The lowest BCUT2D eigenvalue weighted by molar-refractivity contribution is 1.44. The predicted molar refractivity (Wildman–Crippen MR) is 55.0 cm³/mol. The van der Waals surface area contributed by atoms with E-state index in [1.165, 1.54) is 12.2 Å². The highest BCUT2D eigenvalue weighted by Gasteiger charge is 2.16. The number of hydrogen-bond acceptors (Lipinski definition) is 3. The molecule has 0 saturated heterocycles. The topological polar surface area (TPSA) is 52.9 Å². The highest BCUT2D eigenvalue weighted by atomic mass is 35.5. The Morgan fingerprint density at radius 1 is 1.29 bits per heavy atom. The van der Waals surface area contributed by atoms with Crippen molar-refractivity contribution >= 4 is 34.6 Å². The molecule has 1 aliphatic carbocycles. The molecule has 68 valence electrons. The molecule has 0 radical (unpaired) electrons. The van der Waals surface area contributed by atoms with Crippen molar-refractivity contribution in [3.8, 4) is 6.19 Å².